The van der Waals surface area contributed by atoms with Crippen molar-refractivity contribution >= 4 is 17.3 Å². The number of aliphatic hydroxyl groups excluding tert-OH is 1. The van der Waals surface area contributed by atoms with Gasteiger partial charge < -0.3 is 19.9 Å². The standard InChI is InChI=1S/C41H39N3O4/c1-27(45)36(43-39(46)34-13-9-12-33-35-23-25-42-37-14-7-8-24-41(35,37)44-38(33)34)26-40(28-10-5-4-6-11-28,29-15-19-31(47-2)20-16-29)30-17-21-32(48-3)22-18-30/h4-12,14-25,27,34,36,45H,13,26H2,1-3H3,(H,43,46). The number of aliphatic imine (C=N–C) groups is 2. The van der Waals surface area contributed by atoms with Crippen LogP contribution in [0.2, 0.25) is 0 Å². The monoisotopic (exact) mass is 637 g/mol. The number of methoxy groups -OCH3 is 2. The predicted molar refractivity (Wildman–Crippen MR) is 190 cm³/mol. The largest absolute Gasteiger partial charge is 0.497 e. The van der Waals surface area contributed by atoms with Gasteiger partial charge in [0.25, 0.3) is 0 Å². The molecule has 4 unspecified atom stereocenters. The lowest BCUT2D eigenvalue weighted by Gasteiger charge is -2.40. The maximum absolute atomic E-state index is 14.4. The summed E-state index contributed by atoms with van der Waals surface area (Å²) >= 11 is 0. The molecule has 0 radical (unpaired) electrons. The number of hydrogen-bond acceptors (Lipinski definition) is 6. The topological polar surface area (TPSA) is 92.5 Å². The van der Waals surface area contributed by atoms with E-state index in [4.69, 9.17) is 14.5 Å². The van der Waals surface area contributed by atoms with E-state index in [1.807, 2.05) is 72.8 Å². The Morgan fingerprint density at radius 2 is 1.56 bits per heavy atom. The minimum Gasteiger partial charge on any atom is -0.497 e. The number of fused-ring (bicyclic) bond motifs is 1. The van der Waals surface area contributed by atoms with Crippen LogP contribution >= 0.6 is 0 Å². The Kier molecular flexibility index (Phi) is 8.31. The first-order valence-corrected chi connectivity index (χ1v) is 16.3. The first-order valence-electron chi connectivity index (χ1n) is 16.3. The Morgan fingerprint density at radius 1 is 0.917 bits per heavy atom. The number of hydrogen-bond donors (Lipinski definition) is 2. The highest BCUT2D eigenvalue weighted by Gasteiger charge is 2.47. The molecule has 1 spiro atoms. The second-order valence-corrected chi connectivity index (χ2v) is 12.6. The Labute approximate surface area is 281 Å². The molecule has 0 saturated heterocycles. The normalized spacial score (nSPS) is 21.8. The van der Waals surface area contributed by atoms with Crippen molar-refractivity contribution in [1.82, 2.24) is 5.32 Å². The molecule has 7 nitrogen and oxygen atoms in total. The zero-order valence-corrected chi connectivity index (χ0v) is 27.3. The lowest BCUT2D eigenvalue weighted by Crippen LogP contribution is -2.50. The van der Waals surface area contributed by atoms with E-state index >= 15 is 0 Å². The van der Waals surface area contributed by atoms with Crippen LogP contribution in [-0.4, -0.2) is 54.3 Å². The molecule has 3 aromatic carbocycles. The third kappa shape index (κ3) is 5.24. The minimum atomic E-state index is -0.856. The van der Waals surface area contributed by atoms with Gasteiger partial charge in [0.1, 0.15) is 17.0 Å². The summed E-state index contributed by atoms with van der Waals surface area (Å²) in [6.45, 7) is 1.74. The van der Waals surface area contributed by atoms with Gasteiger partial charge in [-0.2, -0.15) is 0 Å². The van der Waals surface area contributed by atoms with Gasteiger partial charge in [-0.15, -0.1) is 0 Å². The number of aliphatic hydroxyl groups is 1. The molecular weight excluding hydrogens is 598 g/mol. The molecule has 48 heavy (non-hydrogen) atoms. The van der Waals surface area contributed by atoms with Crippen LogP contribution in [0.25, 0.3) is 0 Å². The Hall–Kier alpha value is -5.27. The third-order valence-electron chi connectivity index (χ3n) is 9.99. The summed E-state index contributed by atoms with van der Waals surface area (Å²) in [6, 6.07) is 25.7. The molecule has 0 saturated carbocycles. The van der Waals surface area contributed by atoms with Gasteiger partial charge in [0.2, 0.25) is 5.91 Å². The van der Waals surface area contributed by atoms with Crippen molar-refractivity contribution in [2.24, 2.45) is 15.9 Å². The summed E-state index contributed by atoms with van der Waals surface area (Å²) in [5, 5.41) is 14.7. The molecule has 2 N–H and O–H groups in total. The molecule has 0 aromatic heterocycles. The number of amides is 1. The lowest BCUT2D eigenvalue weighted by atomic mass is 9.65. The number of nitrogens with one attached hydrogen (secondary N) is 1. The average molecular weight is 638 g/mol. The number of benzene rings is 3. The van der Waals surface area contributed by atoms with Crippen LogP contribution in [0.15, 0.2) is 149 Å². The summed E-state index contributed by atoms with van der Waals surface area (Å²) in [5.74, 6) is 0.812. The molecule has 4 aliphatic rings. The van der Waals surface area contributed by atoms with E-state index < -0.39 is 29.0 Å². The SMILES string of the molecule is COc1ccc(C(CC(NC(=O)C2CC=CC3=C4C=CN=C5C=CC=CC54N=C32)C(C)O)(c2ccccc2)c2ccc(OC)cc2)cc1. The summed E-state index contributed by atoms with van der Waals surface area (Å²) in [4.78, 5) is 24.2. The van der Waals surface area contributed by atoms with Crippen molar-refractivity contribution in [3.05, 3.63) is 155 Å². The summed E-state index contributed by atoms with van der Waals surface area (Å²) in [6.07, 6.45) is 16.0. The van der Waals surface area contributed by atoms with Crippen LogP contribution in [0.3, 0.4) is 0 Å². The molecule has 4 atom stereocenters. The van der Waals surface area contributed by atoms with Crippen LogP contribution in [-0.2, 0) is 10.2 Å². The molecular formula is C41H39N3O4. The van der Waals surface area contributed by atoms with Crippen LogP contribution in [0, 0.1) is 5.92 Å². The molecule has 7 rings (SSSR count). The van der Waals surface area contributed by atoms with Gasteiger partial charge in [-0.25, -0.2) is 0 Å². The number of nitrogens with zero attached hydrogens (tertiary/aromatic N) is 2. The van der Waals surface area contributed by atoms with E-state index in [9.17, 15) is 9.90 Å². The van der Waals surface area contributed by atoms with E-state index in [0.717, 1.165) is 50.8 Å². The first kappa shape index (κ1) is 31.3. The molecule has 242 valence electrons. The number of ether oxygens (including phenoxy) is 2. The highest BCUT2D eigenvalue weighted by atomic mass is 16.5. The van der Waals surface area contributed by atoms with Crippen LogP contribution in [0.4, 0.5) is 0 Å². The molecule has 3 aromatic rings. The van der Waals surface area contributed by atoms with Crippen molar-refractivity contribution in [1.29, 1.82) is 0 Å². The van der Waals surface area contributed by atoms with E-state index in [1.54, 1.807) is 27.3 Å². The van der Waals surface area contributed by atoms with Crippen molar-refractivity contribution in [3.8, 4) is 11.5 Å². The lowest BCUT2D eigenvalue weighted by molar-refractivity contribution is -0.124. The van der Waals surface area contributed by atoms with Crippen molar-refractivity contribution in [3.63, 3.8) is 0 Å². The fraction of sp³-hybridized carbons (Fsp3) is 0.244. The number of carbonyl (C=O) groups is 1. The van der Waals surface area contributed by atoms with Crippen LogP contribution in [0.5, 0.6) is 11.5 Å². The van der Waals surface area contributed by atoms with Crippen molar-refractivity contribution in [2.75, 3.05) is 14.2 Å². The Balaban J connectivity index is 1.29. The quantitative estimate of drug-likeness (QED) is 0.250. The van der Waals surface area contributed by atoms with Gasteiger partial charge in [-0.05, 0) is 78.9 Å². The fourth-order valence-corrected chi connectivity index (χ4v) is 7.47. The minimum absolute atomic E-state index is 0.165. The summed E-state index contributed by atoms with van der Waals surface area (Å²) in [5.41, 5.74) is 5.19. The summed E-state index contributed by atoms with van der Waals surface area (Å²) < 4.78 is 11.0. The smallest absolute Gasteiger partial charge is 0.229 e. The number of rotatable bonds is 10. The number of carbonyl (C=O) groups excluding carboxylic acids is 1. The van der Waals surface area contributed by atoms with E-state index in [1.165, 1.54) is 0 Å². The Morgan fingerprint density at radius 3 is 2.19 bits per heavy atom. The van der Waals surface area contributed by atoms with Crippen molar-refractivity contribution in [2.45, 2.75) is 42.9 Å². The van der Waals surface area contributed by atoms with E-state index in [2.05, 4.69) is 58.9 Å². The Bertz CT molecular complexity index is 1870. The second-order valence-electron chi connectivity index (χ2n) is 12.6. The second kappa shape index (κ2) is 12.7. The van der Waals surface area contributed by atoms with Crippen molar-refractivity contribution < 1.29 is 19.4 Å². The summed E-state index contributed by atoms with van der Waals surface area (Å²) in [7, 11) is 3.30. The van der Waals surface area contributed by atoms with Gasteiger partial charge >= 0.3 is 0 Å². The zero-order valence-electron chi connectivity index (χ0n) is 27.3. The van der Waals surface area contributed by atoms with Gasteiger partial charge in [-0.1, -0.05) is 78.9 Å². The average Bonchev–Trinajstić information content (AvgIpc) is 3.47. The fourth-order valence-electron chi connectivity index (χ4n) is 7.47. The van der Waals surface area contributed by atoms with Gasteiger partial charge in [0, 0.05) is 22.8 Å². The zero-order chi connectivity index (χ0) is 33.3. The maximum atomic E-state index is 14.4. The van der Waals surface area contributed by atoms with Gasteiger partial charge in [-0.3, -0.25) is 14.8 Å². The van der Waals surface area contributed by atoms with E-state index in [0.29, 0.717) is 12.8 Å². The highest BCUT2D eigenvalue weighted by Crippen LogP contribution is 2.46. The van der Waals surface area contributed by atoms with E-state index in [-0.39, 0.29) is 5.91 Å². The highest BCUT2D eigenvalue weighted by molar-refractivity contribution is 6.23. The third-order valence-corrected chi connectivity index (χ3v) is 9.99. The predicted octanol–water partition coefficient (Wildman–Crippen LogP) is 6.45. The van der Waals surface area contributed by atoms with Gasteiger partial charge in [0.05, 0.1) is 43.7 Å². The maximum Gasteiger partial charge on any atom is 0.229 e. The molecule has 2 heterocycles. The molecule has 2 aliphatic carbocycles. The number of allylic oxidation sites excluding steroid dienone is 5. The molecule has 0 bridgehead atoms. The van der Waals surface area contributed by atoms with Crippen LogP contribution < -0.4 is 14.8 Å². The van der Waals surface area contributed by atoms with Gasteiger partial charge in [0.15, 0.2) is 0 Å². The van der Waals surface area contributed by atoms with Crippen LogP contribution in [0.1, 0.15) is 36.5 Å². The molecule has 7 heteroatoms. The molecule has 0 fully saturated rings. The first-order chi connectivity index (χ1) is 23.4. The molecule has 1 amide bonds. The molecule has 2 aliphatic heterocycles.